The van der Waals surface area contributed by atoms with E-state index in [-0.39, 0.29) is 36.5 Å². The molecule has 8 heterocycles. The van der Waals surface area contributed by atoms with Crippen LogP contribution in [0.4, 0.5) is 23.1 Å². The van der Waals surface area contributed by atoms with Crippen LogP contribution in [0, 0.1) is 0 Å². The minimum Gasteiger partial charge on any atom is -0.497 e. The zero-order valence-electron chi connectivity index (χ0n) is 48.1. The number of thioether (sulfide) groups is 1. The highest BCUT2D eigenvalue weighted by Crippen LogP contribution is 2.47. The smallest absolute Gasteiger partial charge is 0.164 e. The summed E-state index contributed by atoms with van der Waals surface area (Å²) < 4.78 is 40.4. The Bertz CT molecular complexity index is 4170. The predicted octanol–water partition coefficient (Wildman–Crippen LogP) is 12.4. The number of pyridine rings is 2. The minimum atomic E-state index is -0.690. The average Bonchev–Trinajstić information content (AvgIpc) is 2.80. The van der Waals surface area contributed by atoms with Crippen LogP contribution in [0.3, 0.4) is 0 Å². The molecule has 6 aromatic heterocycles. The first-order valence-electron chi connectivity index (χ1n) is 28.2. The van der Waals surface area contributed by atoms with Crippen molar-refractivity contribution in [2.45, 2.75) is 93.8 Å². The second-order valence-electron chi connectivity index (χ2n) is 22.5. The standard InChI is InChI=1S/C33H35N7O3.C32H30ClN5O3S/c1-33(2)42-29-22(15-27(30(29)43-33)40-14-13-25-31(34)36-19-37-32(25)40)18-39(3)23-9-7-21-8-12-28(38-26(21)16-23)35-17-20-5-10-24(41-4)11-6-20;1-32(2)40-28-21(14-26(29(28)41-32)38-13-12-24-30(33)35-18-36-31(24)38)17-42-23-10-6-20-7-11-27(37-25(20)15-23)34-16-19-4-8-22(39-3)9-5-19/h5-16,19,27,29-30H,17-18H2,1-4H3,(H,35,38)(H2,34,36,37);4-15,18,26,28-29H,16-17H2,1-3H3,(H,34,37)/t27-,29-,30+;26-,28-,29+/m11/s1. The van der Waals surface area contributed by atoms with E-state index in [2.05, 4.69) is 137 Å². The Kier molecular flexibility index (Phi) is 15.1. The molecule has 0 radical (unpaired) electrons. The lowest BCUT2D eigenvalue weighted by atomic mass is 10.1. The lowest BCUT2D eigenvalue weighted by Crippen LogP contribution is -2.30. The van der Waals surface area contributed by atoms with Crippen molar-refractivity contribution in [2.24, 2.45) is 0 Å². The van der Waals surface area contributed by atoms with Gasteiger partial charge in [-0.05, 0) is 135 Å². The lowest BCUT2D eigenvalue weighted by molar-refractivity contribution is -0.148. The van der Waals surface area contributed by atoms with Crippen LogP contribution in [-0.4, -0.2) is 109 Å². The molecule has 0 unspecified atom stereocenters. The third kappa shape index (κ3) is 11.5. The SMILES string of the molecule is COc1ccc(CNc2ccc3ccc(N(C)CC4=C[C@@H](n5ccc6c(N)ncnc65)[C@@H]5OC(C)(C)O[C@H]45)cc3n2)cc1.COc1ccc(CNc2ccc3ccc(SCC4=C[C@@H](n5ccc6c(Cl)ncnc65)[C@@H]5OC(C)(C)O[C@H]45)cc3n2)cc1. The monoisotopic (exact) mass is 1180 g/mol. The predicted molar refractivity (Wildman–Crippen MR) is 334 cm³/mol. The van der Waals surface area contributed by atoms with Crippen LogP contribution in [-0.2, 0) is 32.0 Å². The number of likely N-dealkylation sites (N-methyl/N-ethyl adjacent to an activating group) is 1. The molecule has 14 rings (SSSR count). The van der Waals surface area contributed by atoms with Crippen molar-refractivity contribution in [1.29, 1.82) is 0 Å². The highest BCUT2D eigenvalue weighted by molar-refractivity contribution is 7.99. The van der Waals surface area contributed by atoms with Gasteiger partial charge in [0, 0.05) is 66.2 Å². The maximum absolute atomic E-state index is 6.43. The lowest BCUT2D eigenvalue weighted by Gasteiger charge is -2.24. The number of aromatic nitrogens is 8. The fourth-order valence-corrected chi connectivity index (χ4v) is 12.9. The van der Waals surface area contributed by atoms with E-state index < -0.39 is 11.6 Å². The molecule has 2 fully saturated rings. The highest BCUT2D eigenvalue weighted by Gasteiger charge is 2.52. The maximum Gasteiger partial charge on any atom is 0.164 e. The summed E-state index contributed by atoms with van der Waals surface area (Å²) in [5.41, 5.74) is 15.3. The Balaban J connectivity index is 0.000000158. The maximum atomic E-state index is 6.43. The van der Waals surface area contributed by atoms with Crippen molar-refractivity contribution >= 4 is 90.4 Å². The average molecular weight is 1180 g/mol. The van der Waals surface area contributed by atoms with Gasteiger partial charge in [0.2, 0.25) is 0 Å². The number of hydrogen-bond donors (Lipinski definition) is 3. The number of fused-ring (bicyclic) bond motifs is 6. The molecule has 434 valence electrons. The van der Waals surface area contributed by atoms with E-state index in [4.69, 9.17) is 55.7 Å². The van der Waals surface area contributed by atoms with Gasteiger partial charge in [-0.15, -0.1) is 11.8 Å². The molecule has 20 heteroatoms. The molecular weight excluding hydrogens is 1110 g/mol. The Morgan fingerprint density at radius 1 is 0.612 bits per heavy atom. The van der Waals surface area contributed by atoms with Crippen LogP contribution in [0.15, 0.2) is 175 Å². The first kappa shape index (κ1) is 55.9. The van der Waals surface area contributed by atoms with Crippen molar-refractivity contribution in [2.75, 3.05) is 54.8 Å². The number of halogens is 1. The van der Waals surface area contributed by atoms with Gasteiger partial charge in [0.05, 0.1) is 48.1 Å². The van der Waals surface area contributed by atoms with Crippen molar-refractivity contribution in [3.05, 3.63) is 186 Å². The fraction of sp³-hybridized carbons (Fsp3) is 0.292. The molecule has 4 aliphatic rings. The third-order valence-corrected chi connectivity index (χ3v) is 17.3. The third-order valence-electron chi connectivity index (χ3n) is 15.9. The quantitative estimate of drug-likeness (QED) is 0.0469. The van der Waals surface area contributed by atoms with E-state index >= 15 is 0 Å². The van der Waals surface area contributed by atoms with Crippen molar-refractivity contribution in [1.82, 2.24) is 39.0 Å². The molecule has 0 bridgehead atoms. The Hall–Kier alpha value is -8.30. The minimum absolute atomic E-state index is 0.0616. The molecule has 2 aliphatic heterocycles. The first-order chi connectivity index (χ1) is 41.1. The summed E-state index contributed by atoms with van der Waals surface area (Å²) >= 11 is 8.11. The number of nitrogens with zero attached hydrogens (tertiary/aromatic N) is 9. The number of ether oxygens (including phenoxy) is 6. The molecule has 6 atom stereocenters. The summed E-state index contributed by atoms with van der Waals surface area (Å²) in [4.78, 5) is 30.5. The summed E-state index contributed by atoms with van der Waals surface area (Å²) in [5, 5.41) is 11.2. The Labute approximate surface area is 501 Å². The van der Waals surface area contributed by atoms with Gasteiger partial charge in [-0.1, -0.05) is 60.2 Å². The van der Waals surface area contributed by atoms with Gasteiger partial charge in [-0.2, -0.15) is 0 Å². The number of benzene rings is 4. The Morgan fingerprint density at radius 2 is 1.13 bits per heavy atom. The first-order valence-corrected chi connectivity index (χ1v) is 29.6. The van der Waals surface area contributed by atoms with Crippen LogP contribution in [0.25, 0.3) is 43.9 Å². The summed E-state index contributed by atoms with van der Waals surface area (Å²) in [6.07, 6.45) is 10.9. The van der Waals surface area contributed by atoms with Crippen molar-refractivity contribution < 1.29 is 28.4 Å². The van der Waals surface area contributed by atoms with E-state index in [1.807, 2.05) is 88.6 Å². The van der Waals surface area contributed by atoms with E-state index in [1.54, 1.807) is 26.0 Å². The van der Waals surface area contributed by atoms with E-state index in [1.165, 1.54) is 18.2 Å². The zero-order valence-corrected chi connectivity index (χ0v) is 49.7. The molecule has 0 amide bonds. The summed E-state index contributed by atoms with van der Waals surface area (Å²) in [6.45, 7) is 9.90. The number of nitrogens with one attached hydrogen (secondary N) is 2. The summed E-state index contributed by atoms with van der Waals surface area (Å²) in [6, 6.07) is 40.9. The summed E-state index contributed by atoms with van der Waals surface area (Å²) in [5.74, 6) is 3.24. The molecule has 10 aromatic rings. The van der Waals surface area contributed by atoms with Gasteiger partial charge in [0.15, 0.2) is 11.6 Å². The Morgan fingerprint density at radius 3 is 1.73 bits per heavy atom. The highest BCUT2D eigenvalue weighted by atomic mass is 35.5. The number of anilines is 4. The van der Waals surface area contributed by atoms with Gasteiger partial charge < -0.3 is 58.8 Å². The van der Waals surface area contributed by atoms with E-state index in [9.17, 15) is 0 Å². The molecule has 4 aromatic carbocycles. The molecule has 18 nitrogen and oxygen atoms in total. The number of nitrogens with two attached hydrogens (primary N) is 1. The molecular formula is C65H65ClN12O6S. The number of nitrogen functional groups attached to an aromatic ring is 1. The zero-order chi connectivity index (χ0) is 58.6. The molecule has 2 aliphatic carbocycles. The van der Waals surface area contributed by atoms with Gasteiger partial charge in [-0.25, -0.2) is 29.9 Å². The number of hydrogen-bond acceptors (Lipinski definition) is 17. The molecule has 4 N–H and O–H groups in total. The normalized spacial score (nSPS) is 20.9. The fourth-order valence-electron chi connectivity index (χ4n) is 11.8. The number of methoxy groups -OCH3 is 2. The van der Waals surface area contributed by atoms with Crippen LogP contribution < -0.4 is 30.7 Å². The second kappa shape index (κ2) is 22.9. The number of rotatable bonds is 16. The molecule has 0 saturated carbocycles. The van der Waals surface area contributed by atoms with Gasteiger partial charge >= 0.3 is 0 Å². The second-order valence-corrected chi connectivity index (χ2v) is 23.9. The largest absolute Gasteiger partial charge is 0.497 e. The molecule has 85 heavy (non-hydrogen) atoms. The van der Waals surface area contributed by atoms with Gasteiger partial charge in [0.25, 0.3) is 0 Å². The van der Waals surface area contributed by atoms with Gasteiger partial charge in [-0.3, -0.25) is 0 Å². The van der Waals surface area contributed by atoms with Crippen molar-refractivity contribution in [3.8, 4) is 11.5 Å². The van der Waals surface area contributed by atoms with Crippen LogP contribution in [0.5, 0.6) is 11.5 Å². The molecule has 0 spiro atoms. The topological polar surface area (TPSA) is 196 Å². The van der Waals surface area contributed by atoms with Crippen LogP contribution in [0.2, 0.25) is 5.15 Å². The van der Waals surface area contributed by atoms with Crippen LogP contribution >= 0.6 is 23.4 Å². The van der Waals surface area contributed by atoms with Crippen molar-refractivity contribution in [3.63, 3.8) is 0 Å². The molecule has 2 saturated heterocycles. The van der Waals surface area contributed by atoms with Gasteiger partial charge in [0.1, 0.15) is 82.5 Å². The summed E-state index contributed by atoms with van der Waals surface area (Å²) in [7, 11) is 5.44. The van der Waals surface area contributed by atoms with E-state index in [0.717, 1.165) is 100 Å². The van der Waals surface area contributed by atoms with Crippen LogP contribution in [0.1, 0.15) is 50.9 Å². The van der Waals surface area contributed by atoms with E-state index in [0.29, 0.717) is 30.6 Å².